The molecule has 1 N–H and O–H groups in total. The van der Waals surface area contributed by atoms with E-state index in [4.69, 9.17) is 0 Å². The highest BCUT2D eigenvalue weighted by Gasteiger charge is 2.06. The smallest absolute Gasteiger partial charge is 0.132 e. The average molecular weight is 211 g/mol. The molecule has 0 fully saturated rings. The Bertz CT molecular complexity index is 503. The molecule has 0 atom stereocenters. The van der Waals surface area contributed by atoms with Crippen LogP contribution in [-0.4, -0.2) is 18.4 Å². The zero-order chi connectivity index (χ0) is 11.4. The van der Waals surface area contributed by atoms with E-state index >= 15 is 0 Å². The number of hydrogen-bond acceptors (Lipinski definition) is 2. The van der Waals surface area contributed by atoms with E-state index in [2.05, 4.69) is 4.99 Å². The summed E-state index contributed by atoms with van der Waals surface area (Å²) in [7, 11) is 1.69. The number of benzene rings is 2. The summed E-state index contributed by atoms with van der Waals surface area (Å²) in [5.41, 5.74) is 2.58. The average Bonchev–Trinajstić information content (AvgIpc) is 2.33. The Labute approximate surface area is 94.9 Å². The Balaban J connectivity index is 2.54. The third-order valence-electron chi connectivity index (χ3n) is 2.42. The summed E-state index contributed by atoms with van der Waals surface area (Å²) in [6, 6.07) is 15.5. The zero-order valence-corrected chi connectivity index (χ0v) is 9.09. The number of phenolic OH excluding ortho intramolecular Hbond substituents is 1. The van der Waals surface area contributed by atoms with Gasteiger partial charge in [0.1, 0.15) is 5.75 Å². The molecular formula is C14H13NO. The maximum absolute atomic E-state index is 10.1. The second-order valence-electron chi connectivity index (χ2n) is 3.50. The molecule has 2 aromatic carbocycles. The van der Waals surface area contributed by atoms with Crippen molar-refractivity contribution in [2.24, 2.45) is 4.99 Å². The fourth-order valence-electron chi connectivity index (χ4n) is 1.66. The van der Waals surface area contributed by atoms with Crippen LogP contribution in [0.3, 0.4) is 0 Å². The number of hydrogen-bond donors (Lipinski definition) is 1. The summed E-state index contributed by atoms with van der Waals surface area (Å²) in [4.78, 5) is 3.92. The molecule has 2 nitrogen and oxygen atoms in total. The molecule has 80 valence electrons. The van der Waals surface area contributed by atoms with Gasteiger partial charge in [0.2, 0.25) is 0 Å². The summed E-state index contributed by atoms with van der Waals surface area (Å²) in [6.07, 6.45) is 1.65. The van der Waals surface area contributed by atoms with Crippen LogP contribution in [0.4, 0.5) is 0 Å². The summed E-state index contributed by atoms with van der Waals surface area (Å²) in [5, 5.41) is 10.1. The lowest BCUT2D eigenvalue weighted by molar-refractivity contribution is 0.476. The quantitative estimate of drug-likeness (QED) is 0.760. The van der Waals surface area contributed by atoms with Gasteiger partial charge in [-0.25, -0.2) is 0 Å². The number of para-hydroxylation sites is 1. The SMILES string of the molecule is CN=Cc1cccc(-c2ccccc2)c1O. The van der Waals surface area contributed by atoms with Crippen LogP contribution in [0.15, 0.2) is 53.5 Å². The van der Waals surface area contributed by atoms with Gasteiger partial charge in [-0.05, 0) is 11.6 Å². The topological polar surface area (TPSA) is 32.6 Å². The highest BCUT2D eigenvalue weighted by molar-refractivity contribution is 5.88. The van der Waals surface area contributed by atoms with E-state index in [0.29, 0.717) is 0 Å². The number of nitrogens with zero attached hydrogens (tertiary/aromatic N) is 1. The van der Waals surface area contributed by atoms with Gasteiger partial charge in [0.25, 0.3) is 0 Å². The van der Waals surface area contributed by atoms with E-state index in [1.165, 1.54) is 0 Å². The van der Waals surface area contributed by atoms with Crippen LogP contribution in [0.2, 0.25) is 0 Å². The van der Waals surface area contributed by atoms with Crippen molar-refractivity contribution in [3.8, 4) is 16.9 Å². The van der Waals surface area contributed by atoms with Gasteiger partial charge in [-0.3, -0.25) is 4.99 Å². The summed E-state index contributed by atoms with van der Waals surface area (Å²) >= 11 is 0. The van der Waals surface area contributed by atoms with Gasteiger partial charge in [0.05, 0.1) is 0 Å². The Morgan fingerprint density at radius 3 is 2.44 bits per heavy atom. The minimum absolute atomic E-state index is 0.277. The van der Waals surface area contributed by atoms with Gasteiger partial charge < -0.3 is 5.11 Å². The number of aliphatic imine (C=N–C) groups is 1. The second-order valence-corrected chi connectivity index (χ2v) is 3.50. The van der Waals surface area contributed by atoms with Gasteiger partial charge in [0, 0.05) is 24.4 Å². The Morgan fingerprint density at radius 2 is 1.75 bits per heavy atom. The summed E-state index contributed by atoms with van der Waals surface area (Å²) in [5.74, 6) is 0.277. The molecule has 0 aliphatic carbocycles. The van der Waals surface area contributed by atoms with Gasteiger partial charge in [0.15, 0.2) is 0 Å². The molecule has 0 heterocycles. The van der Waals surface area contributed by atoms with Crippen LogP contribution in [0, 0.1) is 0 Å². The zero-order valence-electron chi connectivity index (χ0n) is 9.09. The Kier molecular flexibility index (Phi) is 3.01. The van der Waals surface area contributed by atoms with Crippen LogP contribution in [0.5, 0.6) is 5.75 Å². The van der Waals surface area contributed by atoms with Crippen molar-refractivity contribution in [2.75, 3.05) is 7.05 Å². The molecule has 0 aromatic heterocycles. The lowest BCUT2D eigenvalue weighted by Crippen LogP contribution is -1.86. The largest absolute Gasteiger partial charge is 0.507 e. The number of aromatic hydroxyl groups is 1. The van der Waals surface area contributed by atoms with Crippen LogP contribution >= 0.6 is 0 Å². The highest BCUT2D eigenvalue weighted by Crippen LogP contribution is 2.30. The first-order chi connectivity index (χ1) is 7.83. The molecular weight excluding hydrogens is 198 g/mol. The molecule has 2 heteroatoms. The van der Waals surface area contributed by atoms with Gasteiger partial charge in [-0.1, -0.05) is 42.5 Å². The van der Waals surface area contributed by atoms with Crippen molar-refractivity contribution in [2.45, 2.75) is 0 Å². The van der Waals surface area contributed by atoms with Crippen molar-refractivity contribution in [3.63, 3.8) is 0 Å². The van der Waals surface area contributed by atoms with Crippen molar-refractivity contribution in [3.05, 3.63) is 54.1 Å². The molecule has 0 amide bonds. The minimum Gasteiger partial charge on any atom is -0.507 e. The lowest BCUT2D eigenvalue weighted by Gasteiger charge is -2.06. The monoisotopic (exact) mass is 211 g/mol. The fourth-order valence-corrected chi connectivity index (χ4v) is 1.66. The highest BCUT2D eigenvalue weighted by atomic mass is 16.3. The van der Waals surface area contributed by atoms with Crippen LogP contribution in [0.1, 0.15) is 5.56 Å². The standard InChI is InChI=1S/C14H13NO/c1-15-10-12-8-5-9-13(14(12)16)11-6-3-2-4-7-11/h2-10,16H,1H3. The van der Waals surface area contributed by atoms with Gasteiger partial charge in [-0.2, -0.15) is 0 Å². The maximum Gasteiger partial charge on any atom is 0.132 e. The van der Waals surface area contributed by atoms with E-state index in [1.54, 1.807) is 13.3 Å². The van der Waals surface area contributed by atoms with E-state index in [0.717, 1.165) is 16.7 Å². The van der Waals surface area contributed by atoms with E-state index in [9.17, 15) is 5.11 Å². The lowest BCUT2D eigenvalue weighted by atomic mass is 10.0. The van der Waals surface area contributed by atoms with E-state index in [1.807, 2.05) is 48.5 Å². The molecule has 0 radical (unpaired) electrons. The van der Waals surface area contributed by atoms with Crippen molar-refractivity contribution in [1.29, 1.82) is 0 Å². The van der Waals surface area contributed by atoms with E-state index in [-0.39, 0.29) is 5.75 Å². The third-order valence-corrected chi connectivity index (χ3v) is 2.42. The molecule has 0 unspecified atom stereocenters. The summed E-state index contributed by atoms with van der Waals surface area (Å²) < 4.78 is 0. The minimum atomic E-state index is 0.277. The molecule has 0 aliphatic heterocycles. The maximum atomic E-state index is 10.1. The molecule has 2 rings (SSSR count). The normalized spacial score (nSPS) is 10.8. The predicted octanol–water partition coefficient (Wildman–Crippen LogP) is 3.11. The third kappa shape index (κ3) is 1.96. The first kappa shape index (κ1) is 10.4. The number of rotatable bonds is 2. The summed E-state index contributed by atoms with van der Waals surface area (Å²) in [6.45, 7) is 0. The molecule has 0 saturated carbocycles. The van der Waals surface area contributed by atoms with Crippen LogP contribution in [0.25, 0.3) is 11.1 Å². The van der Waals surface area contributed by atoms with E-state index < -0.39 is 0 Å². The van der Waals surface area contributed by atoms with Crippen molar-refractivity contribution >= 4 is 6.21 Å². The number of phenols is 1. The molecule has 16 heavy (non-hydrogen) atoms. The molecule has 0 bridgehead atoms. The van der Waals surface area contributed by atoms with Crippen LogP contribution in [-0.2, 0) is 0 Å². The fraction of sp³-hybridized carbons (Fsp3) is 0.0714. The first-order valence-electron chi connectivity index (χ1n) is 5.12. The second kappa shape index (κ2) is 4.62. The molecule has 0 saturated heterocycles. The first-order valence-corrected chi connectivity index (χ1v) is 5.12. The van der Waals surface area contributed by atoms with Crippen LogP contribution < -0.4 is 0 Å². The van der Waals surface area contributed by atoms with Gasteiger partial charge in [-0.15, -0.1) is 0 Å². The van der Waals surface area contributed by atoms with Gasteiger partial charge >= 0.3 is 0 Å². The van der Waals surface area contributed by atoms with Crippen molar-refractivity contribution < 1.29 is 5.11 Å². The Morgan fingerprint density at radius 1 is 1.00 bits per heavy atom. The molecule has 2 aromatic rings. The predicted molar refractivity (Wildman–Crippen MR) is 67.1 cm³/mol. The van der Waals surface area contributed by atoms with Crippen molar-refractivity contribution in [1.82, 2.24) is 0 Å². The molecule has 0 aliphatic rings. The Hall–Kier alpha value is -2.09. The molecule has 0 spiro atoms.